The Morgan fingerprint density at radius 1 is 1.17 bits per heavy atom. The molecule has 0 radical (unpaired) electrons. The van der Waals surface area contributed by atoms with Gasteiger partial charge in [0.2, 0.25) is 5.91 Å². The summed E-state index contributed by atoms with van der Waals surface area (Å²) in [6.45, 7) is 8.89. The molecule has 0 aliphatic rings. The van der Waals surface area contributed by atoms with E-state index in [0.717, 1.165) is 5.56 Å². The van der Waals surface area contributed by atoms with Crippen LogP contribution in [-0.2, 0) is 14.6 Å². The molecule has 0 saturated carbocycles. The summed E-state index contributed by atoms with van der Waals surface area (Å²) >= 11 is 0. The number of carbonyl (C=O) groups excluding carboxylic acids is 1. The molecule has 1 atom stereocenters. The van der Waals surface area contributed by atoms with Crippen molar-refractivity contribution < 1.29 is 13.2 Å². The van der Waals surface area contributed by atoms with Crippen LogP contribution < -0.4 is 5.32 Å². The van der Waals surface area contributed by atoms with E-state index in [4.69, 9.17) is 0 Å². The van der Waals surface area contributed by atoms with Crippen molar-refractivity contribution in [2.75, 3.05) is 5.32 Å². The van der Waals surface area contributed by atoms with Crippen LogP contribution in [0.4, 0.5) is 5.82 Å². The maximum Gasteiger partial charge on any atom is 0.243 e. The van der Waals surface area contributed by atoms with E-state index in [1.54, 1.807) is 42.1 Å². The smallest absolute Gasteiger partial charge is 0.243 e. The van der Waals surface area contributed by atoms with Gasteiger partial charge in [0.25, 0.3) is 0 Å². The lowest BCUT2D eigenvalue weighted by atomic mass is 10.2. The Labute approximate surface area is 142 Å². The highest BCUT2D eigenvalue weighted by atomic mass is 32.2. The topological polar surface area (TPSA) is 81.1 Å². The summed E-state index contributed by atoms with van der Waals surface area (Å²) < 4.78 is 27.2. The molecule has 1 aromatic carbocycles. The molecule has 7 heteroatoms. The van der Waals surface area contributed by atoms with Crippen LogP contribution in [0, 0.1) is 13.8 Å². The molecule has 2 aromatic rings. The predicted octanol–water partition coefficient (Wildman–Crippen LogP) is 2.88. The number of benzene rings is 1. The van der Waals surface area contributed by atoms with Crippen molar-refractivity contribution >= 4 is 21.6 Å². The summed E-state index contributed by atoms with van der Waals surface area (Å²) in [5, 5.41) is 5.59. The normalized spacial score (nSPS) is 13.1. The van der Waals surface area contributed by atoms with Crippen LogP contribution >= 0.6 is 0 Å². The summed E-state index contributed by atoms with van der Waals surface area (Å²) in [5.41, 5.74) is 1.62. The molecule has 1 heterocycles. The molecule has 0 fully saturated rings. The predicted molar refractivity (Wildman–Crippen MR) is 93.8 cm³/mol. The Kier molecular flexibility index (Phi) is 5.13. The van der Waals surface area contributed by atoms with Crippen molar-refractivity contribution in [3.63, 3.8) is 0 Å². The quantitative estimate of drug-likeness (QED) is 0.900. The van der Waals surface area contributed by atoms with E-state index in [1.165, 1.54) is 6.92 Å². The Bertz CT molecular complexity index is 854. The fourth-order valence-electron chi connectivity index (χ4n) is 2.50. The SMILES string of the molecule is Cc1ccc(S(=O)(=O)[C@H](C)C(=O)Nc2ccnn2C(C)C)c(C)c1. The number of hydrogen-bond donors (Lipinski definition) is 1. The van der Waals surface area contributed by atoms with Crippen LogP contribution in [-0.4, -0.2) is 29.4 Å². The van der Waals surface area contributed by atoms with Gasteiger partial charge < -0.3 is 5.32 Å². The zero-order chi connectivity index (χ0) is 18.1. The van der Waals surface area contributed by atoms with Gasteiger partial charge in [-0.25, -0.2) is 13.1 Å². The number of hydrogen-bond acceptors (Lipinski definition) is 4. The lowest BCUT2D eigenvalue weighted by Gasteiger charge is -2.17. The van der Waals surface area contributed by atoms with Gasteiger partial charge in [-0.2, -0.15) is 5.10 Å². The molecule has 0 aliphatic carbocycles. The summed E-state index contributed by atoms with van der Waals surface area (Å²) in [5.74, 6) is -0.0879. The second-order valence-corrected chi connectivity index (χ2v) is 8.44. The standard InChI is InChI=1S/C17H23N3O3S/c1-11(2)20-16(8-9-18-20)19-17(21)14(5)24(22,23)15-7-6-12(3)10-13(15)4/h6-11,14H,1-5H3,(H,19,21)/t14-/m1/s1. The van der Waals surface area contributed by atoms with Gasteiger partial charge in [0, 0.05) is 12.1 Å². The minimum atomic E-state index is -3.76. The summed E-state index contributed by atoms with van der Waals surface area (Å²) in [6, 6.07) is 6.79. The van der Waals surface area contributed by atoms with Gasteiger partial charge in [0.1, 0.15) is 11.1 Å². The minimum Gasteiger partial charge on any atom is -0.310 e. The molecule has 1 N–H and O–H groups in total. The highest BCUT2D eigenvalue weighted by Gasteiger charge is 2.31. The molecule has 0 unspecified atom stereocenters. The average Bonchev–Trinajstić information content (AvgIpc) is 2.94. The van der Waals surface area contributed by atoms with Crippen molar-refractivity contribution in [2.24, 2.45) is 0 Å². The van der Waals surface area contributed by atoms with Crippen LogP contribution in [0.15, 0.2) is 35.4 Å². The molecule has 0 aliphatic heterocycles. The van der Waals surface area contributed by atoms with E-state index in [2.05, 4.69) is 10.4 Å². The van der Waals surface area contributed by atoms with Gasteiger partial charge in [0.15, 0.2) is 9.84 Å². The highest BCUT2D eigenvalue weighted by Crippen LogP contribution is 2.22. The zero-order valence-electron chi connectivity index (χ0n) is 14.6. The average molecular weight is 349 g/mol. The second-order valence-electron chi connectivity index (χ2n) is 6.20. The highest BCUT2D eigenvalue weighted by molar-refractivity contribution is 7.92. The van der Waals surface area contributed by atoms with Crippen molar-refractivity contribution in [1.82, 2.24) is 9.78 Å². The first-order valence-electron chi connectivity index (χ1n) is 7.80. The third kappa shape index (κ3) is 3.51. The number of sulfone groups is 1. The third-order valence-electron chi connectivity index (χ3n) is 3.88. The van der Waals surface area contributed by atoms with Crippen LogP contribution in [0.5, 0.6) is 0 Å². The van der Waals surface area contributed by atoms with Crippen LogP contribution in [0.25, 0.3) is 0 Å². The van der Waals surface area contributed by atoms with Crippen LogP contribution in [0.1, 0.15) is 37.9 Å². The van der Waals surface area contributed by atoms with Gasteiger partial charge in [-0.3, -0.25) is 4.79 Å². The molecule has 2 rings (SSSR count). The monoisotopic (exact) mass is 349 g/mol. The summed E-state index contributed by atoms with van der Waals surface area (Å²) in [6.07, 6.45) is 1.57. The number of carbonyl (C=O) groups is 1. The molecular formula is C17H23N3O3S. The first-order chi connectivity index (χ1) is 11.1. The largest absolute Gasteiger partial charge is 0.310 e. The zero-order valence-corrected chi connectivity index (χ0v) is 15.4. The molecule has 0 bridgehead atoms. The first-order valence-corrected chi connectivity index (χ1v) is 9.34. The Morgan fingerprint density at radius 3 is 2.42 bits per heavy atom. The number of nitrogens with zero attached hydrogens (tertiary/aromatic N) is 2. The number of amides is 1. The summed E-state index contributed by atoms with van der Waals surface area (Å²) in [7, 11) is -3.76. The maximum absolute atomic E-state index is 12.8. The van der Waals surface area contributed by atoms with Gasteiger partial charge in [-0.15, -0.1) is 0 Å². The number of aryl methyl sites for hydroxylation is 2. The van der Waals surface area contributed by atoms with Crippen molar-refractivity contribution in [3.05, 3.63) is 41.6 Å². The van der Waals surface area contributed by atoms with Gasteiger partial charge in [0.05, 0.1) is 11.1 Å². The molecule has 24 heavy (non-hydrogen) atoms. The van der Waals surface area contributed by atoms with Crippen LogP contribution in [0.2, 0.25) is 0 Å². The van der Waals surface area contributed by atoms with Crippen molar-refractivity contribution in [3.8, 4) is 0 Å². The molecule has 0 spiro atoms. The number of aromatic nitrogens is 2. The fraction of sp³-hybridized carbons (Fsp3) is 0.412. The van der Waals surface area contributed by atoms with Crippen molar-refractivity contribution in [1.29, 1.82) is 0 Å². The summed E-state index contributed by atoms with van der Waals surface area (Å²) in [4.78, 5) is 12.6. The lowest BCUT2D eigenvalue weighted by Crippen LogP contribution is -2.33. The Balaban J connectivity index is 2.27. The number of anilines is 1. The first kappa shape index (κ1) is 18.2. The minimum absolute atomic E-state index is 0.0570. The third-order valence-corrected chi connectivity index (χ3v) is 6.10. The van der Waals surface area contributed by atoms with Crippen molar-refractivity contribution in [2.45, 2.75) is 50.8 Å². The Morgan fingerprint density at radius 2 is 1.83 bits per heavy atom. The molecule has 0 saturated heterocycles. The number of nitrogens with one attached hydrogen (secondary N) is 1. The van der Waals surface area contributed by atoms with Gasteiger partial charge in [-0.1, -0.05) is 17.7 Å². The van der Waals surface area contributed by atoms with Gasteiger partial charge in [-0.05, 0) is 46.2 Å². The van der Waals surface area contributed by atoms with Crippen LogP contribution in [0.3, 0.4) is 0 Å². The molecule has 130 valence electrons. The maximum atomic E-state index is 12.8. The molecule has 6 nitrogen and oxygen atoms in total. The fourth-order valence-corrected chi connectivity index (χ4v) is 3.99. The molecular weight excluding hydrogens is 326 g/mol. The molecule has 1 aromatic heterocycles. The second kappa shape index (κ2) is 6.76. The van der Waals surface area contributed by atoms with E-state index < -0.39 is 21.0 Å². The Hall–Kier alpha value is -2.15. The molecule has 1 amide bonds. The van der Waals surface area contributed by atoms with E-state index in [9.17, 15) is 13.2 Å². The van der Waals surface area contributed by atoms with E-state index in [1.807, 2.05) is 20.8 Å². The van der Waals surface area contributed by atoms with E-state index in [0.29, 0.717) is 11.4 Å². The van der Waals surface area contributed by atoms with E-state index in [-0.39, 0.29) is 10.9 Å². The number of rotatable bonds is 5. The van der Waals surface area contributed by atoms with Gasteiger partial charge >= 0.3 is 0 Å². The lowest BCUT2D eigenvalue weighted by molar-refractivity contribution is -0.115. The van der Waals surface area contributed by atoms with E-state index >= 15 is 0 Å².